The number of carbonyl (C=O) groups is 1. The zero-order valence-corrected chi connectivity index (χ0v) is 14.6. The van der Waals surface area contributed by atoms with Gasteiger partial charge in [0, 0.05) is 44.2 Å². The third-order valence-corrected chi connectivity index (χ3v) is 5.73. The number of ether oxygens (including phenoxy) is 2. The first-order chi connectivity index (χ1) is 12.2. The van der Waals surface area contributed by atoms with Gasteiger partial charge in [0.1, 0.15) is 11.6 Å². The van der Waals surface area contributed by atoms with Gasteiger partial charge in [-0.3, -0.25) is 9.69 Å². The van der Waals surface area contributed by atoms with Gasteiger partial charge >= 0.3 is 0 Å². The van der Waals surface area contributed by atoms with Gasteiger partial charge in [0.05, 0.1) is 13.2 Å². The van der Waals surface area contributed by atoms with Gasteiger partial charge in [0.2, 0.25) is 0 Å². The zero-order chi connectivity index (χ0) is 17.4. The van der Waals surface area contributed by atoms with Gasteiger partial charge in [-0.1, -0.05) is 13.3 Å². The van der Waals surface area contributed by atoms with Crippen LogP contribution in [0.1, 0.15) is 18.9 Å². The molecule has 0 spiro atoms. The lowest BCUT2D eigenvalue weighted by molar-refractivity contribution is -0.137. The number of fused-ring (bicyclic) bond motifs is 1. The summed E-state index contributed by atoms with van der Waals surface area (Å²) in [6.45, 7) is 7.14. The number of halogens is 1. The van der Waals surface area contributed by atoms with Crippen molar-refractivity contribution in [2.24, 2.45) is 5.92 Å². The minimum absolute atomic E-state index is 0.0332. The van der Waals surface area contributed by atoms with Gasteiger partial charge in [-0.25, -0.2) is 4.39 Å². The highest BCUT2D eigenvalue weighted by Crippen LogP contribution is 2.32. The van der Waals surface area contributed by atoms with Crippen molar-refractivity contribution in [2.45, 2.75) is 31.9 Å². The van der Waals surface area contributed by atoms with Crippen LogP contribution in [0.4, 0.5) is 4.39 Å². The number of nitrogens with zero attached hydrogens (tertiary/aromatic N) is 2. The summed E-state index contributed by atoms with van der Waals surface area (Å²) >= 11 is 0. The Hall–Kier alpha value is -1.66. The van der Waals surface area contributed by atoms with Crippen molar-refractivity contribution in [3.8, 4) is 5.75 Å². The van der Waals surface area contributed by atoms with Crippen molar-refractivity contribution in [3.63, 3.8) is 0 Å². The van der Waals surface area contributed by atoms with E-state index in [1.165, 1.54) is 12.1 Å². The van der Waals surface area contributed by atoms with Crippen LogP contribution < -0.4 is 4.74 Å². The van der Waals surface area contributed by atoms with E-state index in [4.69, 9.17) is 9.47 Å². The molecule has 5 nitrogen and oxygen atoms in total. The predicted molar refractivity (Wildman–Crippen MR) is 91.1 cm³/mol. The molecule has 1 aromatic carbocycles. The SMILES string of the molecule is CC[C@@H]1CN(C(=O)[C@@H]2Cc3cc(F)ccc3O2)C[C@@H]1N1CCOCC1. The van der Waals surface area contributed by atoms with Crippen molar-refractivity contribution >= 4 is 5.91 Å². The number of amides is 1. The number of rotatable bonds is 3. The Labute approximate surface area is 147 Å². The molecule has 2 fully saturated rings. The topological polar surface area (TPSA) is 42.0 Å². The fourth-order valence-electron chi connectivity index (χ4n) is 4.32. The van der Waals surface area contributed by atoms with Crippen LogP contribution in [-0.2, 0) is 16.0 Å². The Bertz CT molecular complexity index is 648. The minimum atomic E-state index is -0.516. The molecule has 3 heterocycles. The highest BCUT2D eigenvalue weighted by molar-refractivity contribution is 5.83. The summed E-state index contributed by atoms with van der Waals surface area (Å²) in [5.74, 6) is 0.875. The summed E-state index contributed by atoms with van der Waals surface area (Å²) in [5, 5.41) is 0. The monoisotopic (exact) mass is 348 g/mol. The van der Waals surface area contributed by atoms with Crippen LogP contribution in [0.25, 0.3) is 0 Å². The minimum Gasteiger partial charge on any atom is -0.480 e. The van der Waals surface area contributed by atoms with Crippen molar-refractivity contribution < 1.29 is 18.7 Å². The van der Waals surface area contributed by atoms with E-state index >= 15 is 0 Å². The summed E-state index contributed by atoms with van der Waals surface area (Å²) in [6.07, 6.45) is 1.00. The van der Waals surface area contributed by atoms with E-state index in [9.17, 15) is 9.18 Å². The van der Waals surface area contributed by atoms with Gasteiger partial charge in [-0.2, -0.15) is 0 Å². The number of morpholine rings is 1. The Kier molecular flexibility index (Phi) is 4.65. The van der Waals surface area contributed by atoms with Gasteiger partial charge in [-0.15, -0.1) is 0 Å². The second kappa shape index (κ2) is 6.92. The van der Waals surface area contributed by atoms with E-state index in [1.54, 1.807) is 6.07 Å². The first-order valence-electron chi connectivity index (χ1n) is 9.21. The van der Waals surface area contributed by atoms with Gasteiger partial charge < -0.3 is 14.4 Å². The van der Waals surface area contributed by atoms with Crippen LogP contribution in [0.3, 0.4) is 0 Å². The average Bonchev–Trinajstić information content (AvgIpc) is 3.25. The molecule has 1 amide bonds. The van der Waals surface area contributed by atoms with Crippen LogP contribution in [0.2, 0.25) is 0 Å². The summed E-state index contributed by atoms with van der Waals surface area (Å²) in [4.78, 5) is 17.4. The maximum absolute atomic E-state index is 13.4. The van der Waals surface area contributed by atoms with E-state index in [2.05, 4.69) is 11.8 Å². The lowest BCUT2D eigenvalue weighted by Crippen LogP contribution is -2.48. The molecule has 0 saturated carbocycles. The van der Waals surface area contributed by atoms with Gasteiger partial charge in [0.15, 0.2) is 6.10 Å². The third-order valence-electron chi connectivity index (χ3n) is 5.73. The Morgan fingerprint density at radius 1 is 1.28 bits per heavy atom. The molecule has 3 aliphatic heterocycles. The normalized spacial score (nSPS) is 29.5. The lowest BCUT2D eigenvalue weighted by atomic mass is 9.99. The second-order valence-electron chi connectivity index (χ2n) is 7.19. The van der Waals surface area contributed by atoms with E-state index in [0.717, 1.165) is 51.4 Å². The van der Waals surface area contributed by atoms with Crippen LogP contribution in [0, 0.1) is 11.7 Å². The van der Waals surface area contributed by atoms with E-state index in [1.807, 2.05) is 4.90 Å². The standard InChI is InChI=1S/C19H25FN2O3/c1-2-13-11-22(12-16(13)21-5-7-24-8-6-21)19(23)18-10-14-9-15(20)3-4-17(14)25-18/h3-4,9,13,16,18H,2,5-8,10-12H2,1H3/t13-,16+,18+/m1/s1. The molecule has 0 N–H and O–H groups in total. The van der Waals surface area contributed by atoms with Crippen molar-refractivity contribution in [1.29, 1.82) is 0 Å². The Balaban J connectivity index is 1.43. The number of hydrogen-bond donors (Lipinski definition) is 0. The Morgan fingerprint density at radius 2 is 2.08 bits per heavy atom. The molecule has 4 rings (SSSR count). The zero-order valence-electron chi connectivity index (χ0n) is 14.6. The molecule has 136 valence electrons. The third kappa shape index (κ3) is 3.25. The second-order valence-corrected chi connectivity index (χ2v) is 7.19. The van der Waals surface area contributed by atoms with E-state index < -0.39 is 6.10 Å². The number of hydrogen-bond acceptors (Lipinski definition) is 4. The molecule has 0 unspecified atom stereocenters. The maximum atomic E-state index is 13.4. The molecule has 6 heteroatoms. The molecule has 0 aromatic heterocycles. The predicted octanol–water partition coefficient (Wildman–Crippen LogP) is 1.70. The largest absolute Gasteiger partial charge is 0.480 e. The molecule has 1 aromatic rings. The summed E-state index contributed by atoms with van der Waals surface area (Å²) < 4.78 is 24.6. The summed E-state index contributed by atoms with van der Waals surface area (Å²) in [6, 6.07) is 4.87. The highest BCUT2D eigenvalue weighted by atomic mass is 19.1. The number of benzene rings is 1. The van der Waals surface area contributed by atoms with Crippen LogP contribution >= 0.6 is 0 Å². The number of likely N-dealkylation sites (tertiary alicyclic amines) is 1. The van der Waals surface area contributed by atoms with Gasteiger partial charge in [0.25, 0.3) is 5.91 Å². The lowest BCUT2D eigenvalue weighted by Gasteiger charge is -2.34. The maximum Gasteiger partial charge on any atom is 0.264 e. The van der Waals surface area contributed by atoms with Crippen molar-refractivity contribution in [2.75, 3.05) is 39.4 Å². The quantitative estimate of drug-likeness (QED) is 0.834. The molecular weight excluding hydrogens is 323 g/mol. The average molecular weight is 348 g/mol. The fraction of sp³-hybridized carbons (Fsp3) is 0.632. The van der Waals surface area contributed by atoms with Crippen molar-refractivity contribution in [1.82, 2.24) is 9.80 Å². The molecule has 2 saturated heterocycles. The fourth-order valence-corrected chi connectivity index (χ4v) is 4.32. The molecule has 3 atom stereocenters. The Morgan fingerprint density at radius 3 is 2.84 bits per heavy atom. The molecule has 0 aliphatic carbocycles. The molecule has 3 aliphatic rings. The number of carbonyl (C=O) groups excluding carboxylic acids is 1. The summed E-state index contributed by atoms with van der Waals surface area (Å²) in [5.41, 5.74) is 0.786. The van der Waals surface area contributed by atoms with Crippen LogP contribution in [-0.4, -0.2) is 67.2 Å². The molecule has 0 bridgehead atoms. The molecular formula is C19H25FN2O3. The van der Waals surface area contributed by atoms with Crippen molar-refractivity contribution in [3.05, 3.63) is 29.6 Å². The highest BCUT2D eigenvalue weighted by Gasteiger charge is 2.41. The smallest absolute Gasteiger partial charge is 0.264 e. The van der Waals surface area contributed by atoms with Crippen LogP contribution in [0.15, 0.2) is 18.2 Å². The van der Waals surface area contributed by atoms with E-state index in [-0.39, 0.29) is 11.7 Å². The first kappa shape index (κ1) is 16.8. The summed E-state index contributed by atoms with van der Waals surface area (Å²) in [7, 11) is 0. The first-order valence-corrected chi connectivity index (χ1v) is 9.21. The van der Waals surface area contributed by atoms with Gasteiger partial charge in [-0.05, 0) is 24.1 Å². The van der Waals surface area contributed by atoms with Crippen LogP contribution in [0.5, 0.6) is 5.75 Å². The molecule has 25 heavy (non-hydrogen) atoms. The molecule has 0 radical (unpaired) electrons. The van der Waals surface area contributed by atoms with E-state index in [0.29, 0.717) is 24.1 Å².